The number of hydrogen-bond acceptors (Lipinski definition) is 6. The Kier molecular flexibility index (Phi) is 8.93. The Morgan fingerprint density at radius 2 is 1.63 bits per heavy atom. The van der Waals surface area contributed by atoms with Gasteiger partial charge in [-0.05, 0) is 83.1 Å². The minimum Gasteiger partial charge on any atom is -0.393 e. The van der Waals surface area contributed by atoms with E-state index in [9.17, 15) is 9.90 Å². The van der Waals surface area contributed by atoms with E-state index in [4.69, 9.17) is 9.97 Å². The van der Waals surface area contributed by atoms with Crippen molar-refractivity contribution in [2.45, 2.75) is 121 Å². The molecule has 3 aliphatic carbocycles. The maximum Gasteiger partial charge on any atom is 0.223 e. The van der Waals surface area contributed by atoms with Gasteiger partial charge in [0.2, 0.25) is 5.91 Å². The van der Waals surface area contributed by atoms with Crippen LogP contribution in [-0.4, -0.2) is 70.8 Å². The molecule has 3 saturated carbocycles. The predicted octanol–water partition coefficient (Wildman–Crippen LogP) is 4.78. The van der Waals surface area contributed by atoms with Gasteiger partial charge in [-0.2, -0.15) is 0 Å². The van der Waals surface area contributed by atoms with E-state index in [1.54, 1.807) is 0 Å². The van der Waals surface area contributed by atoms with Crippen LogP contribution in [0.15, 0.2) is 6.07 Å². The van der Waals surface area contributed by atoms with Gasteiger partial charge >= 0.3 is 0 Å². The maximum absolute atomic E-state index is 12.6. The number of hydrogen-bond donors (Lipinski definition) is 2. The normalized spacial score (nSPS) is 29.6. The van der Waals surface area contributed by atoms with Crippen molar-refractivity contribution >= 4 is 11.7 Å². The molecule has 1 aromatic rings. The quantitative estimate of drug-likeness (QED) is 0.533. The molecule has 38 heavy (non-hydrogen) atoms. The molecular weight excluding hydrogens is 474 g/mol. The molecule has 7 heteroatoms. The molecule has 1 aliphatic heterocycles. The summed E-state index contributed by atoms with van der Waals surface area (Å²) >= 11 is 0. The lowest BCUT2D eigenvalue weighted by Gasteiger charge is -2.37. The minimum atomic E-state index is -0.198. The average Bonchev–Trinajstić information content (AvgIpc) is 2.87. The van der Waals surface area contributed by atoms with Crippen molar-refractivity contribution in [3.8, 4) is 0 Å². The lowest BCUT2D eigenvalue weighted by molar-refractivity contribution is -0.127. The lowest BCUT2D eigenvalue weighted by atomic mass is 9.82. The summed E-state index contributed by atoms with van der Waals surface area (Å²) in [5.74, 6) is 3.88. The molecule has 0 bridgehead atoms. The highest BCUT2D eigenvalue weighted by Crippen LogP contribution is 2.37. The van der Waals surface area contributed by atoms with E-state index >= 15 is 0 Å². The number of aliphatic hydroxyl groups is 1. The molecule has 212 valence electrons. The number of rotatable bonds is 7. The van der Waals surface area contributed by atoms with E-state index in [0.717, 1.165) is 82.3 Å². The number of carbonyl (C=O) groups excluding carboxylic acids is 1. The monoisotopic (exact) mass is 525 g/mol. The molecule has 5 rings (SSSR count). The Bertz CT molecular complexity index is 919. The van der Waals surface area contributed by atoms with Crippen LogP contribution in [-0.2, 0) is 10.2 Å². The van der Waals surface area contributed by atoms with E-state index in [0.29, 0.717) is 12.0 Å². The minimum absolute atomic E-state index is 0.0302. The topological polar surface area (TPSA) is 81.6 Å². The smallest absolute Gasteiger partial charge is 0.223 e. The van der Waals surface area contributed by atoms with Gasteiger partial charge in [0.1, 0.15) is 11.6 Å². The fraction of sp³-hybridized carbons (Fsp3) is 0.839. The van der Waals surface area contributed by atoms with Crippen molar-refractivity contribution in [1.29, 1.82) is 0 Å². The van der Waals surface area contributed by atoms with Crippen molar-refractivity contribution in [2.75, 3.05) is 37.6 Å². The van der Waals surface area contributed by atoms with Crippen LogP contribution in [0.25, 0.3) is 0 Å². The van der Waals surface area contributed by atoms with E-state index in [1.807, 2.05) is 0 Å². The molecule has 4 fully saturated rings. The van der Waals surface area contributed by atoms with Crippen LogP contribution in [0.5, 0.6) is 0 Å². The highest BCUT2D eigenvalue weighted by Gasteiger charge is 2.30. The first kappa shape index (κ1) is 27.8. The molecule has 0 radical (unpaired) electrons. The molecule has 1 saturated heterocycles. The Morgan fingerprint density at radius 1 is 0.947 bits per heavy atom. The van der Waals surface area contributed by atoms with Gasteiger partial charge in [0.25, 0.3) is 0 Å². The van der Waals surface area contributed by atoms with Crippen LogP contribution in [0.1, 0.15) is 115 Å². The highest BCUT2D eigenvalue weighted by atomic mass is 16.3. The summed E-state index contributed by atoms with van der Waals surface area (Å²) < 4.78 is 0. The third-order valence-corrected chi connectivity index (χ3v) is 9.74. The van der Waals surface area contributed by atoms with Crippen LogP contribution in [0.3, 0.4) is 0 Å². The van der Waals surface area contributed by atoms with Crippen LogP contribution >= 0.6 is 0 Å². The van der Waals surface area contributed by atoms with Crippen LogP contribution in [0, 0.1) is 11.8 Å². The Hall–Kier alpha value is -1.73. The zero-order valence-electron chi connectivity index (χ0n) is 24.1. The van der Waals surface area contributed by atoms with Crippen molar-refractivity contribution in [3.63, 3.8) is 0 Å². The van der Waals surface area contributed by atoms with Crippen LogP contribution < -0.4 is 10.2 Å². The average molecular weight is 526 g/mol. The molecule has 2 heterocycles. The number of aliphatic hydroxyl groups excluding tert-OH is 1. The summed E-state index contributed by atoms with van der Waals surface area (Å²) in [7, 11) is 0. The molecule has 0 spiro atoms. The summed E-state index contributed by atoms with van der Waals surface area (Å²) in [6.45, 7) is 12.1. The fourth-order valence-corrected chi connectivity index (χ4v) is 6.68. The molecule has 1 amide bonds. The number of anilines is 1. The molecule has 7 nitrogen and oxygen atoms in total. The highest BCUT2D eigenvalue weighted by molar-refractivity contribution is 5.79. The first-order chi connectivity index (χ1) is 18.2. The summed E-state index contributed by atoms with van der Waals surface area (Å²) in [4.78, 5) is 27.8. The molecule has 0 aromatic carbocycles. The first-order valence-electron chi connectivity index (χ1n) is 15.6. The van der Waals surface area contributed by atoms with Gasteiger partial charge in [-0.25, -0.2) is 9.97 Å². The van der Waals surface area contributed by atoms with E-state index in [1.165, 1.54) is 50.8 Å². The summed E-state index contributed by atoms with van der Waals surface area (Å²) in [5, 5.41) is 13.0. The van der Waals surface area contributed by atoms with Gasteiger partial charge in [-0.1, -0.05) is 27.2 Å². The largest absolute Gasteiger partial charge is 0.393 e. The third kappa shape index (κ3) is 7.07. The number of piperazine rings is 1. The number of nitrogens with zero attached hydrogens (tertiary/aromatic N) is 4. The molecule has 4 aliphatic rings. The number of aromatic nitrogens is 2. The molecule has 1 aromatic heterocycles. The second kappa shape index (κ2) is 12.2. The van der Waals surface area contributed by atoms with Gasteiger partial charge in [0.05, 0.1) is 6.10 Å². The molecule has 0 atom stereocenters. The Balaban J connectivity index is 1.04. The fourth-order valence-electron chi connectivity index (χ4n) is 6.68. The van der Waals surface area contributed by atoms with Gasteiger partial charge < -0.3 is 15.3 Å². The third-order valence-electron chi connectivity index (χ3n) is 9.74. The Morgan fingerprint density at radius 3 is 2.24 bits per heavy atom. The number of carbonyl (C=O) groups is 1. The summed E-state index contributed by atoms with van der Waals surface area (Å²) in [5.41, 5.74) is 1.23. The molecule has 2 N–H and O–H groups in total. The van der Waals surface area contributed by atoms with Crippen LogP contribution in [0.2, 0.25) is 0 Å². The van der Waals surface area contributed by atoms with Gasteiger partial charge in [0.15, 0.2) is 0 Å². The number of amides is 1. The molecule has 0 unspecified atom stereocenters. The number of nitrogens with one attached hydrogen (secondary N) is 1. The first-order valence-corrected chi connectivity index (χ1v) is 15.6. The lowest BCUT2D eigenvalue weighted by Crippen LogP contribution is -2.47. The zero-order valence-corrected chi connectivity index (χ0v) is 24.1. The molecular formula is C31H51N5O2. The van der Waals surface area contributed by atoms with Gasteiger partial charge in [-0.15, -0.1) is 0 Å². The second-order valence-corrected chi connectivity index (χ2v) is 13.7. The van der Waals surface area contributed by atoms with Crippen molar-refractivity contribution < 1.29 is 9.90 Å². The maximum atomic E-state index is 12.6. The van der Waals surface area contributed by atoms with Crippen LogP contribution in [0.4, 0.5) is 5.82 Å². The Labute approximate surface area is 230 Å². The van der Waals surface area contributed by atoms with Gasteiger partial charge in [0, 0.05) is 61.2 Å². The van der Waals surface area contributed by atoms with Gasteiger partial charge in [-0.3, -0.25) is 9.69 Å². The van der Waals surface area contributed by atoms with Crippen molar-refractivity contribution in [2.24, 2.45) is 11.8 Å². The SMILES string of the molecule is CC(C)(C)c1nc(C2CCC2)cc(N2CCN(CCC3CCC(NC(=O)C4CCC(O)CC4)CC3)CC2)n1. The van der Waals surface area contributed by atoms with Crippen molar-refractivity contribution in [3.05, 3.63) is 17.6 Å². The summed E-state index contributed by atoms with van der Waals surface area (Å²) in [6, 6.07) is 2.63. The van der Waals surface area contributed by atoms with E-state index < -0.39 is 0 Å². The van der Waals surface area contributed by atoms with E-state index in [-0.39, 0.29) is 23.3 Å². The zero-order chi connectivity index (χ0) is 26.7. The van der Waals surface area contributed by atoms with E-state index in [2.05, 4.69) is 42.0 Å². The summed E-state index contributed by atoms with van der Waals surface area (Å²) in [6.07, 6.45) is 12.9. The van der Waals surface area contributed by atoms with Crippen molar-refractivity contribution in [1.82, 2.24) is 20.2 Å². The predicted molar refractivity (Wildman–Crippen MR) is 152 cm³/mol. The standard InChI is InChI=1S/C31H51N5O2/c1-31(2,3)30-33-27(23-5-4-6-23)21-28(34-30)36-19-17-35(18-20-36)16-15-22-7-11-25(12-8-22)32-29(38)24-9-13-26(37)14-10-24/h21-26,37H,4-20H2,1-3H3,(H,32,38). The second-order valence-electron chi connectivity index (χ2n) is 13.7.